The molecule has 0 bridgehead atoms. The van der Waals surface area contributed by atoms with Crippen molar-refractivity contribution in [3.8, 4) is 0 Å². The summed E-state index contributed by atoms with van der Waals surface area (Å²) in [5.74, 6) is -3.18. The second kappa shape index (κ2) is 5.93. The molecule has 0 unspecified atom stereocenters. The van der Waals surface area contributed by atoms with E-state index in [-0.39, 0.29) is 40.9 Å². The SMILES string of the molecule is Cc1c(Cl)c(Cl)nc(N2CCCC(F)(F)CC2)c1C(N)=O. The molecule has 0 spiro atoms. The number of halogens is 4. The molecule has 1 aromatic rings. The molecule has 2 rings (SSSR count). The van der Waals surface area contributed by atoms with Crippen molar-refractivity contribution in [2.24, 2.45) is 5.73 Å². The van der Waals surface area contributed by atoms with Crippen molar-refractivity contribution < 1.29 is 13.6 Å². The Kier molecular flexibility index (Phi) is 4.58. The average molecular weight is 338 g/mol. The summed E-state index contributed by atoms with van der Waals surface area (Å²) in [6, 6.07) is 0. The number of amides is 1. The lowest BCUT2D eigenvalue weighted by molar-refractivity contribution is -0.0102. The summed E-state index contributed by atoms with van der Waals surface area (Å²) in [6.07, 6.45) is -0.186. The lowest BCUT2D eigenvalue weighted by atomic mass is 10.1. The minimum absolute atomic E-state index is 0.0326. The summed E-state index contributed by atoms with van der Waals surface area (Å²) in [6.45, 7) is 2.05. The van der Waals surface area contributed by atoms with Crippen LogP contribution in [0.5, 0.6) is 0 Å². The van der Waals surface area contributed by atoms with Crippen LogP contribution in [-0.4, -0.2) is 29.9 Å². The Morgan fingerprint density at radius 1 is 1.33 bits per heavy atom. The molecule has 8 heteroatoms. The molecule has 0 radical (unpaired) electrons. The van der Waals surface area contributed by atoms with Crippen molar-refractivity contribution in [2.45, 2.75) is 32.1 Å². The zero-order valence-corrected chi connectivity index (χ0v) is 12.9. The highest BCUT2D eigenvalue weighted by atomic mass is 35.5. The molecular weight excluding hydrogens is 323 g/mol. The number of nitrogens with two attached hydrogens (primary N) is 1. The number of rotatable bonds is 2. The van der Waals surface area contributed by atoms with Gasteiger partial charge in [0.1, 0.15) is 11.0 Å². The molecule has 1 aliphatic rings. The minimum Gasteiger partial charge on any atom is -0.365 e. The Balaban J connectivity index is 2.46. The molecule has 0 atom stereocenters. The van der Waals surface area contributed by atoms with E-state index in [0.717, 1.165) is 0 Å². The normalized spacial score (nSPS) is 18.4. The van der Waals surface area contributed by atoms with Gasteiger partial charge in [0.2, 0.25) is 5.92 Å². The van der Waals surface area contributed by atoms with E-state index in [4.69, 9.17) is 28.9 Å². The number of hydrogen-bond acceptors (Lipinski definition) is 3. The van der Waals surface area contributed by atoms with Gasteiger partial charge >= 0.3 is 0 Å². The molecular formula is C13H15Cl2F2N3O. The van der Waals surface area contributed by atoms with Gasteiger partial charge in [0.05, 0.1) is 10.6 Å². The number of anilines is 1. The fourth-order valence-electron chi connectivity index (χ4n) is 2.43. The van der Waals surface area contributed by atoms with Gasteiger partial charge in [-0.15, -0.1) is 0 Å². The van der Waals surface area contributed by atoms with E-state index in [1.807, 2.05) is 0 Å². The van der Waals surface area contributed by atoms with Gasteiger partial charge in [-0.05, 0) is 18.9 Å². The first kappa shape index (κ1) is 16.2. The van der Waals surface area contributed by atoms with Crippen LogP contribution in [0.25, 0.3) is 0 Å². The molecule has 1 aliphatic heterocycles. The van der Waals surface area contributed by atoms with Crippen molar-refractivity contribution >= 4 is 34.9 Å². The summed E-state index contributed by atoms with van der Waals surface area (Å²) in [5.41, 5.74) is 5.92. The first-order chi connectivity index (χ1) is 9.73. The largest absolute Gasteiger partial charge is 0.365 e. The predicted molar refractivity (Wildman–Crippen MR) is 78.5 cm³/mol. The van der Waals surface area contributed by atoms with Gasteiger partial charge in [-0.2, -0.15) is 0 Å². The number of pyridine rings is 1. The first-order valence-electron chi connectivity index (χ1n) is 6.51. The number of primary amides is 1. The van der Waals surface area contributed by atoms with Crippen molar-refractivity contribution in [1.29, 1.82) is 0 Å². The Labute approximate surface area is 131 Å². The highest BCUT2D eigenvalue weighted by Crippen LogP contribution is 2.35. The maximum absolute atomic E-state index is 13.4. The number of carbonyl (C=O) groups excluding carboxylic acids is 1. The third-order valence-corrected chi connectivity index (χ3v) is 4.41. The van der Waals surface area contributed by atoms with E-state index in [0.29, 0.717) is 18.5 Å². The summed E-state index contributed by atoms with van der Waals surface area (Å²) in [4.78, 5) is 17.4. The summed E-state index contributed by atoms with van der Waals surface area (Å²) < 4.78 is 26.9. The van der Waals surface area contributed by atoms with E-state index in [2.05, 4.69) is 4.98 Å². The fourth-order valence-corrected chi connectivity index (χ4v) is 2.79. The molecule has 2 heterocycles. The molecule has 1 fully saturated rings. The monoisotopic (exact) mass is 337 g/mol. The van der Waals surface area contributed by atoms with Crippen LogP contribution in [0.15, 0.2) is 0 Å². The van der Waals surface area contributed by atoms with Gasteiger partial charge in [-0.3, -0.25) is 4.79 Å². The number of alkyl halides is 2. The average Bonchev–Trinajstić information content (AvgIpc) is 2.56. The van der Waals surface area contributed by atoms with Crippen molar-refractivity contribution in [2.75, 3.05) is 18.0 Å². The number of aromatic nitrogens is 1. The van der Waals surface area contributed by atoms with Crippen LogP contribution < -0.4 is 10.6 Å². The molecule has 4 nitrogen and oxygen atoms in total. The number of nitrogens with zero attached hydrogens (tertiary/aromatic N) is 2. The van der Waals surface area contributed by atoms with E-state index >= 15 is 0 Å². The molecule has 2 N–H and O–H groups in total. The topological polar surface area (TPSA) is 59.2 Å². The number of carbonyl (C=O) groups is 1. The summed E-state index contributed by atoms with van der Waals surface area (Å²) in [7, 11) is 0. The van der Waals surface area contributed by atoms with E-state index in [9.17, 15) is 13.6 Å². The molecule has 1 amide bonds. The van der Waals surface area contributed by atoms with Gasteiger partial charge in [-0.1, -0.05) is 23.2 Å². The maximum Gasteiger partial charge on any atom is 0.252 e. The van der Waals surface area contributed by atoms with E-state index < -0.39 is 11.8 Å². The highest BCUT2D eigenvalue weighted by Gasteiger charge is 2.33. The van der Waals surface area contributed by atoms with Crippen molar-refractivity contribution in [3.05, 3.63) is 21.3 Å². The van der Waals surface area contributed by atoms with Gasteiger partial charge in [0.15, 0.2) is 0 Å². The molecule has 0 saturated carbocycles. The third kappa shape index (κ3) is 3.37. The zero-order valence-electron chi connectivity index (χ0n) is 11.4. The quantitative estimate of drug-likeness (QED) is 0.841. The van der Waals surface area contributed by atoms with Crippen molar-refractivity contribution in [1.82, 2.24) is 4.98 Å². The second-order valence-electron chi connectivity index (χ2n) is 5.10. The lowest BCUT2D eigenvalue weighted by Crippen LogP contribution is -2.30. The lowest BCUT2D eigenvalue weighted by Gasteiger charge is -2.25. The molecule has 0 aromatic carbocycles. The van der Waals surface area contributed by atoms with E-state index in [1.165, 1.54) is 0 Å². The second-order valence-corrected chi connectivity index (χ2v) is 5.84. The van der Waals surface area contributed by atoms with E-state index in [1.54, 1.807) is 11.8 Å². The Morgan fingerprint density at radius 3 is 2.62 bits per heavy atom. The van der Waals surface area contributed by atoms with Gasteiger partial charge in [-0.25, -0.2) is 13.8 Å². The van der Waals surface area contributed by atoms with Crippen LogP contribution in [0.1, 0.15) is 35.2 Å². The molecule has 116 valence electrons. The fraction of sp³-hybridized carbons (Fsp3) is 0.538. The Hall–Kier alpha value is -1.14. The van der Waals surface area contributed by atoms with Crippen LogP contribution >= 0.6 is 23.2 Å². The Bertz CT molecular complexity index is 581. The Morgan fingerprint density at radius 2 is 2.00 bits per heavy atom. The predicted octanol–water partition coefficient (Wildman–Crippen LogP) is 3.42. The van der Waals surface area contributed by atoms with Crippen LogP contribution in [-0.2, 0) is 0 Å². The van der Waals surface area contributed by atoms with Crippen LogP contribution in [0.3, 0.4) is 0 Å². The summed E-state index contributed by atoms with van der Waals surface area (Å²) >= 11 is 11.9. The molecule has 1 aromatic heterocycles. The zero-order chi connectivity index (χ0) is 15.8. The molecule has 1 saturated heterocycles. The van der Waals surface area contributed by atoms with Crippen molar-refractivity contribution in [3.63, 3.8) is 0 Å². The van der Waals surface area contributed by atoms with Crippen LogP contribution in [0.4, 0.5) is 14.6 Å². The van der Waals surface area contributed by atoms with Crippen LogP contribution in [0.2, 0.25) is 10.2 Å². The maximum atomic E-state index is 13.4. The van der Waals surface area contributed by atoms with Gasteiger partial charge < -0.3 is 10.6 Å². The standard InChI is InChI=1S/C13H15Cl2F2N3O/c1-7-8(11(18)21)12(19-10(15)9(7)14)20-5-2-3-13(16,17)4-6-20/h2-6H2,1H3,(H2,18,21). The smallest absolute Gasteiger partial charge is 0.252 e. The summed E-state index contributed by atoms with van der Waals surface area (Å²) in [5, 5.41) is 0.180. The van der Waals surface area contributed by atoms with Crippen LogP contribution in [0, 0.1) is 6.92 Å². The minimum atomic E-state index is -2.70. The third-order valence-electron chi connectivity index (χ3n) is 3.58. The molecule has 0 aliphatic carbocycles. The molecule has 21 heavy (non-hydrogen) atoms. The van der Waals surface area contributed by atoms with Gasteiger partial charge in [0, 0.05) is 25.9 Å². The number of hydrogen-bond donors (Lipinski definition) is 1. The van der Waals surface area contributed by atoms with Gasteiger partial charge in [0.25, 0.3) is 5.91 Å². The first-order valence-corrected chi connectivity index (χ1v) is 7.27. The highest BCUT2D eigenvalue weighted by molar-refractivity contribution is 6.42.